The Kier molecular flexibility index (Phi) is 7.14. The van der Waals surface area contributed by atoms with E-state index in [4.69, 9.17) is 9.47 Å². The fourth-order valence-corrected chi connectivity index (χ4v) is 3.72. The second kappa shape index (κ2) is 9.61. The largest absolute Gasteiger partial charge is 0.463 e. The standard InChI is InChI=1S/C20H29N3O7/c1-12(25)21-17-19(28)18(27)16(11-24)30-20(17)29-15-5-3-14(4-6-15)23-9-7-22(8-10-23)13(2)26/h3-6,16-20,24,27-28H,7-11H2,1-2H3,(H,21,25)/t16-,17-,18-,19-,20-/m1/s1. The summed E-state index contributed by atoms with van der Waals surface area (Å²) < 4.78 is 11.4. The Bertz CT molecular complexity index is 736. The number of amides is 2. The van der Waals surface area contributed by atoms with Gasteiger partial charge in [0.1, 0.15) is 30.1 Å². The number of piperazine rings is 1. The molecule has 1 aromatic rings. The Morgan fingerprint density at radius 3 is 2.27 bits per heavy atom. The van der Waals surface area contributed by atoms with Crippen LogP contribution in [0.4, 0.5) is 5.69 Å². The normalized spacial score (nSPS) is 29.4. The first-order valence-corrected chi connectivity index (χ1v) is 9.97. The number of ether oxygens (including phenoxy) is 2. The number of carbonyl (C=O) groups is 2. The van der Waals surface area contributed by atoms with Crippen LogP contribution < -0.4 is 15.0 Å². The third-order valence-electron chi connectivity index (χ3n) is 5.43. The number of aliphatic hydroxyl groups excluding tert-OH is 3. The third-order valence-corrected chi connectivity index (χ3v) is 5.43. The van der Waals surface area contributed by atoms with Crippen molar-refractivity contribution in [2.45, 2.75) is 44.5 Å². The molecule has 1 aromatic carbocycles. The maximum atomic E-state index is 11.5. The summed E-state index contributed by atoms with van der Waals surface area (Å²) in [5.74, 6) is 0.112. The van der Waals surface area contributed by atoms with Crippen LogP contribution in [0.15, 0.2) is 24.3 Å². The van der Waals surface area contributed by atoms with Gasteiger partial charge in [0, 0.05) is 45.7 Å². The molecule has 0 aliphatic carbocycles. The second-order valence-corrected chi connectivity index (χ2v) is 7.54. The highest BCUT2D eigenvalue weighted by Crippen LogP contribution is 2.26. The molecule has 0 radical (unpaired) electrons. The SMILES string of the molecule is CC(=O)N[C@H]1[C@H](Oc2ccc(N3CCN(C(C)=O)CC3)cc2)O[C@H](CO)[C@@H](O)[C@@H]1O. The highest BCUT2D eigenvalue weighted by molar-refractivity contribution is 5.74. The molecule has 2 aliphatic rings. The minimum atomic E-state index is -1.36. The summed E-state index contributed by atoms with van der Waals surface area (Å²) in [6.45, 7) is 5.16. The molecular weight excluding hydrogens is 394 g/mol. The van der Waals surface area contributed by atoms with Gasteiger partial charge in [-0.2, -0.15) is 0 Å². The van der Waals surface area contributed by atoms with Crippen LogP contribution in [-0.4, -0.2) is 95.5 Å². The average Bonchev–Trinajstić information content (AvgIpc) is 2.73. The van der Waals surface area contributed by atoms with E-state index in [0.717, 1.165) is 18.8 Å². The Morgan fingerprint density at radius 1 is 1.10 bits per heavy atom. The monoisotopic (exact) mass is 423 g/mol. The lowest BCUT2D eigenvalue weighted by molar-refractivity contribution is -0.244. The van der Waals surface area contributed by atoms with Gasteiger partial charge in [0.15, 0.2) is 0 Å². The van der Waals surface area contributed by atoms with Gasteiger partial charge in [0.2, 0.25) is 18.1 Å². The molecule has 2 fully saturated rings. The summed E-state index contributed by atoms with van der Waals surface area (Å²) in [6.07, 6.45) is -4.84. The summed E-state index contributed by atoms with van der Waals surface area (Å²) in [5.41, 5.74) is 0.984. The van der Waals surface area contributed by atoms with E-state index in [-0.39, 0.29) is 5.91 Å². The smallest absolute Gasteiger partial charge is 0.223 e. The molecule has 0 saturated carbocycles. The number of benzene rings is 1. The van der Waals surface area contributed by atoms with Gasteiger partial charge in [-0.05, 0) is 24.3 Å². The molecule has 10 heteroatoms. The quantitative estimate of drug-likeness (QED) is 0.459. The summed E-state index contributed by atoms with van der Waals surface area (Å²) in [4.78, 5) is 26.9. The second-order valence-electron chi connectivity index (χ2n) is 7.54. The molecule has 2 heterocycles. The Hall–Kier alpha value is -2.40. The first-order valence-electron chi connectivity index (χ1n) is 9.97. The maximum absolute atomic E-state index is 11.5. The highest BCUT2D eigenvalue weighted by atomic mass is 16.7. The fraction of sp³-hybridized carbons (Fsp3) is 0.600. The lowest BCUT2D eigenvalue weighted by atomic mass is 9.97. The molecule has 2 amide bonds. The van der Waals surface area contributed by atoms with Gasteiger partial charge in [0.25, 0.3) is 0 Å². The lowest BCUT2D eigenvalue weighted by Crippen LogP contribution is -2.65. The van der Waals surface area contributed by atoms with Crippen LogP contribution >= 0.6 is 0 Å². The van der Waals surface area contributed by atoms with Crippen molar-refractivity contribution in [2.75, 3.05) is 37.7 Å². The van der Waals surface area contributed by atoms with Crippen LogP contribution in [-0.2, 0) is 14.3 Å². The summed E-state index contributed by atoms with van der Waals surface area (Å²) in [6, 6.07) is 6.24. The van der Waals surface area contributed by atoms with Crippen molar-refractivity contribution >= 4 is 17.5 Å². The van der Waals surface area contributed by atoms with Gasteiger partial charge in [-0.15, -0.1) is 0 Å². The molecule has 166 valence electrons. The van der Waals surface area contributed by atoms with Crippen LogP contribution in [0.2, 0.25) is 0 Å². The molecule has 0 unspecified atom stereocenters. The molecule has 0 aromatic heterocycles. The van der Waals surface area contributed by atoms with Crippen molar-refractivity contribution in [3.05, 3.63) is 24.3 Å². The highest BCUT2D eigenvalue weighted by Gasteiger charge is 2.46. The van der Waals surface area contributed by atoms with E-state index in [2.05, 4.69) is 10.2 Å². The van der Waals surface area contributed by atoms with Crippen molar-refractivity contribution in [2.24, 2.45) is 0 Å². The third kappa shape index (κ3) is 5.01. The Labute approximate surface area is 175 Å². The topological polar surface area (TPSA) is 132 Å². The number of carbonyl (C=O) groups excluding carboxylic acids is 2. The predicted molar refractivity (Wildman–Crippen MR) is 107 cm³/mol. The number of aliphatic hydroxyl groups is 3. The van der Waals surface area contributed by atoms with E-state index >= 15 is 0 Å². The van der Waals surface area contributed by atoms with E-state index in [1.165, 1.54) is 6.92 Å². The molecular formula is C20H29N3O7. The van der Waals surface area contributed by atoms with E-state index in [9.17, 15) is 24.9 Å². The summed E-state index contributed by atoms with van der Waals surface area (Å²) in [7, 11) is 0. The van der Waals surface area contributed by atoms with Crippen molar-refractivity contribution in [1.82, 2.24) is 10.2 Å². The molecule has 10 nitrogen and oxygen atoms in total. The van der Waals surface area contributed by atoms with Gasteiger partial charge in [-0.1, -0.05) is 0 Å². The number of hydrogen-bond donors (Lipinski definition) is 4. The van der Waals surface area contributed by atoms with Gasteiger partial charge < -0.3 is 39.9 Å². The number of nitrogens with zero attached hydrogens (tertiary/aromatic N) is 2. The zero-order valence-electron chi connectivity index (χ0n) is 17.1. The molecule has 0 spiro atoms. The number of hydrogen-bond acceptors (Lipinski definition) is 8. The first kappa shape index (κ1) is 22.3. The molecule has 4 N–H and O–H groups in total. The van der Waals surface area contributed by atoms with Gasteiger partial charge in [0.05, 0.1) is 6.61 Å². The van der Waals surface area contributed by atoms with Crippen molar-refractivity contribution < 1.29 is 34.4 Å². The van der Waals surface area contributed by atoms with Gasteiger partial charge in [-0.3, -0.25) is 9.59 Å². The minimum absolute atomic E-state index is 0.0769. The van der Waals surface area contributed by atoms with Crippen LogP contribution in [0.25, 0.3) is 0 Å². The fourth-order valence-electron chi connectivity index (χ4n) is 3.72. The molecule has 30 heavy (non-hydrogen) atoms. The van der Waals surface area contributed by atoms with Crippen LogP contribution in [0.3, 0.4) is 0 Å². The zero-order chi connectivity index (χ0) is 21.8. The van der Waals surface area contributed by atoms with Gasteiger partial charge in [-0.25, -0.2) is 0 Å². The van der Waals surface area contributed by atoms with Crippen molar-refractivity contribution in [3.63, 3.8) is 0 Å². The molecule has 5 atom stereocenters. The van der Waals surface area contributed by atoms with E-state index < -0.39 is 43.2 Å². The molecule has 3 rings (SSSR count). The Morgan fingerprint density at radius 2 is 1.73 bits per heavy atom. The molecule has 2 aliphatic heterocycles. The Balaban J connectivity index is 1.67. The summed E-state index contributed by atoms with van der Waals surface area (Å²) in [5, 5.41) is 32.3. The maximum Gasteiger partial charge on any atom is 0.223 e. The molecule has 2 saturated heterocycles. The van der Waals surface area contributed by atoms with Crippen LogP contribution in [0.1, 0.15) is 13.8 Å². The van der Waals surface area contributed by atoms with Crippen molar-refractivity contribution in [3.8, 4) is 5.75 Å². The number of nitrogens with one attached hydrogen (secondary N) is 1. The number of anilines is 1. The first-order chi connectivity index (χ1) is 14.3. The van der Waals surface area contributed by atoms with Gasteiger partial charge >= 0.3 is 0 Å². The molecule has 0 bridgehead atoms. The average molecular weight is 423 g/mol. The van der Waals surface area contributed by atoms with Crippen LogP contribution in [0, 0.1) is 0 Å². The van der Waals surface area contributed by atoms with Crippen molar-refractivity contribution in [1.29, 1.82) is 0 Å². The minimum Gasteiger partial charge on any atom is -0.463 e. The lowest BCUT2D eigenvalue weighted by Gasteiger charge is -2.42. The van der Waals surface area contributed by atoms with E-state index in [1.807, 2.05) is 17.0 Å². The summed E-state index contributed by atoms with van der Waals surface area (Å²) >= 11 is 0. The number of rotatable bonds is 5. The zero-order valence-corrected chi connectivity index (χ0v) is 17.1. The van der Waals surface area contributed by atoms with Crippen LogP contribution in [0.5, 0.6) is 5.75 Å². The van der Waals surface area contributed by atoms with E-state index in [0.29, 0.717) is 18.8 Å². The van der Waals surface area contributed by atoms with E-state index in [1.54, 1.807) is 19.1 Å². The predicted octanol–water partition coefficient (Wildman–Crippen LogP) is -1.32.